The number of methoxy groups -OCH3 is 1. The van der Waals surface area contributed by atoms with Gasteiger partial charge in [0.15, 0.2) is 0 Å². The van der Waals surface area contributed by atoms with E-state index in [0.29, 0.717) is 28.8 Å². The standard InChI is InChI=1S/C20H18N6O4/c1-26-9-8-20(29,19(26)28)7-6-12-4-3-5-13(10-12)21-18(27)16-14-11-15(30-2)22-24-17(14)25-23-16/h3-5,10-11,29H,8-9H2,1-2H3,(H,21,27)(H,23,24,25)/t20-/m0/s1. The molecule has 3 aromatic rings. The molecule has 30 heavy (non-hydrogen) atoms. The van der Waals surface area contributed by atoms with Gasteiger partial charge < -0.3 is 20.1 Å². The Labute approximate surface area is 171 Å². The zero-order valence-corrected chi connectivity index (χ0v) is 16.3. The van der Waals surface area contributed by atoms with Gasteiger partial charge >= 0.3 is 0 Å². The summed E-state index contributed by atoms with van der Waals surface area (Å²) in [6, 6.07) is 8.35. The number of nitrogens with one attached hydrogen (secondary N) is 2. The number of carbonyl (C=O) groups is 2. The van der Waals surface area contributed by atoms with Crippen LogP contribution in [0.4, 0.5) is 5.69 Å². The predicted molar refractivity (Wildman–Crippen MR) is 107 cm³/mol. The number of ether oxygens (including phenoxy) is 1. The quantitative estimate of drug-likeness (QED) is 0.541. The smallest absolute Gasteiger partial charge is 0.274 e. The molecule has 1 atom stereocenters. The van der Waals surface area contributed by atoms with E-state index >= 15 is 0 Å². The van der Waals surface area contributed by atoms with Crippen LogP contribution in [0, 0.1) is 11.8 Å². The van der Waals surface area contributed by atoms with Crippen molar-refractivity contribution < 1.29 is 19.4 Å². The van der Waals surface area contributed by atoms with Crippen molar-refractivity contribution in [1.29, 1.82) is 0 Å². The molecule has 2 aromatic heterocycles. The van der Waals surface area contributed by atoms with E-state index in [4.69, 9.17) is 4.74 Å². The fourth-order valence-electron chi connectivity index (χ4n) is 3.09. The second-order valence-corrected chi connectivity index (χ2v) is 6.84. The van der Waals surface area contributed by atoms with Crippen LogP contribution in [0.2, 0.25) is 0 Å². The minimum Gasteiger partial charge on any atom is -0.480 e. The highest BCUT2D eigenvalue weighted by Gasteiger charge is 2.42. The van der Waals surface area contributed by atoms with Crippen molar-refractivity contribution in [3.8, 4) is 17.7 Å². The van der Waals surface area contributed by atoms with Crippen LogP contribution < -0.4 is 10.1 Å². The number of nitrogens with zero attached hydrogens (tertiary/aromatic N) is 4. The number of likely N-dealkylation sites (N-methyl/N-ethyl adjacent to an activating group) is 1. The molecule has 0 saturated carbocycles. The highest BCUT2D eigenvalue weighted by molar-refractivity contribution is 6.10. The van der Waals surface area contributed by atoms with Crippen LogP contribution in [0.5, 0.6) is 5.88 Å². The average molecular weight is 406 g/mol. The molecule has 10 nitrogen and oxygen atoms in total. The third-order valence-corrected chi connectivity index (χ3v) is 4.77. The third kappa shape index (κ3) is 3.54. The topological polar surface area (TPSA) is 133 Å². The number of H-pyrrole nitrogens is 1. The van der Waals surface area contributed by atoms with E-state index in [1.807, 2.05) is 0 Å². The molecular weight excluding hydrogens is 388 g/mol. The lowest BCUT2D eigenvalue weighted by atomic mass is 10.0. The van der Waals surface area contributed by atoms with Gasteiger partial charge in [-0.2, -0.15) is 5.10 Å². The number of likely N-dealkylation sites (tertiary alicyclic amines) is 1. The summed E-state index contributed by atoms with van der Waals surface area (Å²) in [5.74, 6) is 4.90. The van der Waals surface area contributed by atoms with E-state index in [2.05, 4.69) is 37.6 Å². The first-order valence-corrected chi connectivity index (χ1v) is 9.08. The first kappa shape index (κ1) is 19.4. The highest BCUT2D eigenvalue weighted by Crippen LogP contribution is 2.22. The molecule has 4 rings (SSSR count). The number of amides is 2. The molecule has 1 aliphatic heterocycles. The predicted octanol–water partition coefficient (Wildman–Crippen LogP) is 0.558. The summed E-state index contributed by atoms with van der Waals surface area (Å²) in [6.45, 7) is 0.452. The van der Waals surface area contributed by atoms with E-state index in [1.54, 1.807) is 37.4 Å². The Kier molecular flexibility index (Phi) is 4.81. The number of carbonyl (C=O) groups excluding carboxylic acids is 2. The van der Waals surface area contributed by atoms with Crippen LogP contribution in [-0.4, -0.2) is 68.5 Å². The van der Waals surface area contributed by atoms with Gasteiger partial charge in [-0.15, -0.1) is 10.2 Å². The lowest BCUT2D eigenvalue weighted by Crippen LogP contribution is -2.37. The number of rotatable bonds is 3. The maximum Gasteiger partial charge on any atom is 0.274 e. The van der Waals surface area contributed by atoms with E-state index < -0.39 is 17.4 Å². The van der Waals surface area contributed by atoms with Gasteiger partial charge in [-0.3, -0.25) is 14.7 Å². The summed E-state index contributed by atoms with van der Waals surface area (Å²) < 4.78 is 5.04. The Morgan fingerprint density at radius 2 is 2.20 bits per heavy atom. The Morgan fingerprint density at radius 1 is 1.37 bits per heavy atom. The zero-order chi connectivity index (χ0) is 21.3. The Hall–Kier alpha value is -3.97. The number of aliphatic hydroxyl groups is 1. The van der Waals surface area contributed by atoms with Crippen molar-refractivity contribution in [3.05, 3.63) is 41.6 Å². The van der Waals surface area contributed by atoms with Crippen LogP contribution in [0.15, 0.2) is 30.3 Å². The van der Waals surface area contributed by atoms with Crippen molar-refractivity contribution in [1.82, 2.24) is 25.3 Å². The number of aromatic nitrogens is 4. The largest absolute Gasteiger partial charge is 0.480 e. The summed E-state index contributed by atoms with van der Waals surface area (Å²) in [4.78, 5) is 26.2. The van der Waals surface area contributed by atoms with E-state index in [9.17, 15) is 14.7 Å². The van der Waals surface area contributed by atoms with Gasteiger partial charge in [-0.05, 0) is 18.2 Å². The first-order valence-electron chi connectivity index (χ1n) is 9.08. The van der Waals surface area contributed by atoms with Gasteiger partial charge in [0.1, 0.15) is 5.69 Å². The SMILES string of the molecule is COc1cc2c(C(=O)Nc3cccc(C#C[C@]4(O)CCN(C)C4=O)c3)[nH]nc2nn1. The van der Waals surface area contributed by atoms with Crippen molar-refractivity contribution >= 4 is 28.5 Å². The number of anilines is 1. The normalized spacial score (nSPS) is 18.2. The third-order valence-electron chi connectivity index (χ3n) is 4.77. The molecule has 0 radical (unpaired) electrons. The fraction of sp³-hybridized carbons (Fsp3) is 0.250. The summed E-state index contributed by atoms with van der Waals surface area (Å²) in [5, 5.41) is 28.0. The fourth-order valence-corrected chi connectivity index (χ4v) is 3.09. The van der Waals surface area contributed by atoms with E-state index in [0.717, 1.165) is 0 Å². The molecule has 0 unspecified atom stereocenters. The minimum atomic E-state index is -1.68. The van der Waals surface area contributed by atoms with Crippen LogP contribution in [0.1, 0.15) is 22.5 Å². The van der Waals surface area contributed by atoms with Crippen LogP contribution >= 0.6 is 0 Å². The van der Waals surface area contributed by atoms with E-state index in [-0.39, 0.29) is 18.0 Å². The molecule has 0 aliphatic carbocycles. The molecule has 1 aliphatic rings. The van der Waals surface area contributed by atoms with Gasteiger partial charge in [0.05, 0.1) is 12.5 Å². The number of aromatic amines is 1. The number of hydrogen-bond acceptors (Lipinski definition) is 7. The monoisotopic (exact) mass is 406 g/mol. The Morgan fingerprint density at radius 3 is 2.93 bits per heavy atom. The van der Waals surface area contributed by atoms with Gasteiger partial charge in [-0.25, -0.2) is 0 Å². The first-order chi connectivity index (χ1) is 14.4. The Bertz CT molecular complexity index is 1210. The second-order valence-electron chi connectivity index (χ2n) is 6.84. The van der Waals surface area contributed by atoms with E-state index in [1.165, 1.54) is 12.0 Å². The number of hydrogen-bond donors (Lipinski definition) is 3. The Balaban J connectivity index is 1.55. The maximum atomic E-state index is 12.7. The lowest BCUT2D eigenvalue weighted by Gasteiger charge is -2.13. The number of benzene rings is 1. The molecule has 1 aromatic carbocycles. The van der Waals surface area contributed by atoms with Crippen LogP contribution in [0.25, 0.3) is 11.0 Å². The molecule has 2 amide bonds. The molecule has 1 fully saturated rings. The molecule has 0 bridgehead atoms. The minimum absolute atomic E-state index is 0.212. The van der Waals surface area contributed by atoms with Gasteiger partial charge in [-0.1, -0.05) is 17.9 Å². The molecule has 3 N–H and O–H groups in total. The highest BCUT2D eigenvalue weighted by atomic mass is 16.5. The summed E-state index contributed by atoms with van der Waals surface area (Å²) >= 11 is 0. The van der Waals surface area contributed by atoms with Crippen molar-refractivity contribution in [3.63, 3.8) is 0 Å². The summed E-state index contributed by atoms with van der Waals surface area (Å²) in [5.41, 5.74) is -0.136. The number of fused-ring (bicyclic) bond motifs is 1. The van der Waals surface area contributed by atoms with Crippen molar-refractivity contribution in [2.24, 2.45) is 0 Å². The van der Waals surface area contributed by atoms with Gasteiger partial charge in [0.25, 0.3) is 11.8 Å². The van der Waals surface area contributed by atoms with Crippen LogP contribution in [-0.2, 0) is 4.79 Å². The maximum absolute atomic E-state index is 12.7. The zero-order valence-electron chi connectivity index (χ0n) is 16.3. The lowest BCUT2D eigenvalue weighted by molar-refractivity contribution is -0.137. The van der Waals surface area contributed by atoms with Crippen molar-refractivity contribution in [2.75, 3.05) is 26.0 Å². The second kappa shape index (κ2) is 7.46. The van der Waals surface area contributed by atoms with Crippen LogP contribution in [0.3, 0.4) is 0 Å². The average Bonchev–Trinajstić information content (AvgIpc) is 3.29. The molecule has 0 spiro atoms. The molecular formula is C20H18N6O4. The van der Waals surface area contributed by atoms with Gasteiger partial charge in [0.2, 0.25) is 17.1 Å². The summed E-state index contributed by atoms with van der Waals surface area (Å²) in [6.07, 6.45) is 0.255. The molecule has 152 valence electrons. The summed E-state index contributed by atoms with van der Waals surface area (Å²) in [7, 11) is 3.08. The molecule has 3 heterocycles. The van der Waals surface area contributed by atoms with Gasteiger partial charge in [0, 0.05) is 37.3 Å². The van der Waals surface area contributed by atoms with Crippen molar-refractivity contribution in [2.45, 2.75) is 12.0 Å². The molecule has 10 heteroatoms. The molecule has 1 saturated heterocycles.